The van der Waals surface area contributed by atoms with Crippen molar-refractivity contribution in [2.24, 2.45) is 11.8 Å². The normalized spacial score (nSPS) is 25.4. The van der Waals surface area contributed by atoms with Crippen molar-refractivity contribution in [1.82, 2.24) is 14.5 Å². The maximum absolute atomic E-state index is 13.1. The predicted molar refractivity (Wildman–Crippen MR) is 109 cm³/mol. The summed E-state index contributed by atoms with van der Waals surface area (Å²) in [5.41, 5.74) is 1.13. The van der Waals surface area contributed by atoms with E-state index in [0.29, 0.717) is 12.0 Å². The summed E-state index contributed by atoms with van der Waals surface area (Å²) < 4.78 is 1.51. The number of carbonyl (C=O) groups is 1. The number of hydrogen-bond acceptors (Lipinski definition) is 4. The van der Waals surface area contributed by atoms with Gasteiger partial charge in [-0.1, -0.05) is 13.8 Å². The smallest absolute Gasteiger partial charge is 0.262 e. The van der Waals surface area contributed by atoms with Crippen molar-refractivity contribution in [3.63, 3.8) is 0 Å². The van der Waals surface area contributed by atoms with Crippen LogP contribution in [0, 0.1) is 11.8 Å². The second-order valence-electron chi connectivity index (χ2n) is 8.63. The molecule has 0 saturated heterocycles. The van der Waals surface area contributed by atoms with Crippen molar-refractivity contribution in [2.75, 3.05) is 7.05 Å². The topological polar surface area (TPSA) is 55.2 Å². The molecule has 5 nitrogen and oxygen atoms in total. The Bertz CT molecular complexity index is 908. The molecule has 1 fully saturated rings. The average Bonchev–Trinajstić information content (AvgIpc) is 3.02. The molecule has 1 saturated carbocycles. The Hall–Kier alpha value is -1.69. The lowest BCUT2D eigenvalue weighted by Crippen LogP contribution is -2.42. The summed E-state index contributed by atoms with van der Waals surface area (Å²) in [7, 11) is 1.88. The number of aromatic nitrogens is 2. The molecule has 4 rings (SSSR count). The van der Waals surface area contributed by atoms with Crippen LogP contribution in [0.2, 0.25) is 0 Å². The molecule has 2 aromatic rings. The third-order valence-corrected chi connectivity index (χ3v) is 7.68. The first-order valence-corrected chi connectivity index (χ1v) is 11.0. The highest BCUT2D eigenvalue weighted by atomic mass is 32.1. The van der Waals surface area contributed by atoms with Crippen molar-refractivity contribution in [3.05, 3.63) is 27.1 Å². The van der Waals surface area contributed by atoms with Gasteiger partial charge in [-0.15, -0.1) is 11.3 Å². The van der Waals surface area contributed by atoms with Gasteiger partial charge in [0.05, 0.1) is 11.7 Å². The SMILES string of the molecule is CC1CCC(N(C)C(=O)Cn2cnc3sc4c(c3c2=O)CC[C@H](C)C4)CC1. The van der Waals surface area contributed by atoms with Gasteiger partial charge in [-0.05, 0) is 62.3 Å². The number of aryl methyl sites for hydroxylation is 1. The van der Waals surface area contributed by atoms with Gasteiger partial charge in [-0.25, -0.2) is 4.98 Å². The number of hydrogen-bond donors (Lipinski definition) is 0. The third kappa shape index (κ3) is 3.56. The molecule has 0 N–H and O–H groups in total. The van der Waals surface area contributed by atoms with E-state index in [9.17, 15) is 9.59 Å². The second-order valence-corrected chi connectivity index (χ2v) is 9.71. The van der Waals surface area contributed by atoms with E-state index < -0.39 is 0 Å². The lowest BCUT2D eigenvalue weighted by molar-refractivity contribution is -0.133. The number of likely N-dealkylation sites (N-methyl/N-ethyl adjacent to an activating group) is 1. The van der Waals surface area contributed by atoms with Gasteiger partial charge in [-0.3, -0.25) is 14.2 Å². The van der Waals surface area contributed by atoms with Gasteiger partial charge in [0.15, 0.2) is 0 Å². The Morgan fingerprint density at radius 1 is 1.22 bits per heavy atom. The van der Waals surface area contributed by atoms with Crippen LogP contribution in [0.3, 0.4) is 0 Å². The predicted octanol–water partition coefficient (Wildman–Crippen LogP) is 3.62. The van der Waals surface area contributed by atoms with E-state index in [0.717, 1.165) is 48.2 Å². The van der Waals surface area contributed by atoms with E-state index in [1.54, 1.807) is 17.7 Å². The molecule has 0 aliphatic heterocycles. The monoisotopic (exact) mass is 387 g/mol. The first-order valence-electron chi connectivity index (χ1n) is 10.2. The van der Waals surface area contributed by atoms with Gasteiger partial charge < -0.3 is 4.90 Å². The van der Waals surface area contributed by atoms with E-state index in [2.05, 4.69) is 18.8 Å². The quantitative estimate of drug-likeness (QED) is 0.808. The highest BCUT2D eigenvalue weighted by Crippen LogP contribution is 2.35. The van der Waals surface area contributed by atoms with Crippen LogP contribution in [-0.4, -0.2) is 33.4 Å². The van der Waals surface area contributed by atoms with E-state index in [4.69, 9.17) is 0 Å². The minimum atomic E-state index is -0.0499. The molecular weight excluding hydrogens is 358 g/mol. The van der Waals surface area contributed by atoms with Crippen LogP contribution in [0.4, 0.5) is 0 Å². The van der Waals surface area contributed by atoms with Crippen molar-refractivity contribution in [3.8, 4) is 0 Å². The van der Waals surface area contributed by atoms with Crippen LogP contribution in [0.1, 0.15) is 56.4 Å². The van der Waals surface area contributed by atoms with Crippen molar-refractivity contribution < 1.29 is 4.79 Å². The number of carbonyl (C=O) groups excluding carboxylic acids is 1. The number of nitrogens with zero attached hydrogens (tertiary/aromatic N) is 3. The number of thiophene rings is 1. The first kappa shape index (κ1) is 18.7. The zero-order valence-corrected chi connectivity index (χ0v) is 17.3. The van der Waals surface area contributed by atoms with Crippen molar-refractivity contribution in [1.29, 1.82) is 0 Å². The average molecular weight is 388 g/mol. The lowest BCUT2D eigenvalue weighted by atomic mass is 9.87. The van der Waals surface area contributed by atoms with Crippen LogP contribution in [-0.2, 0) is 24.2 Å². The molecule has 0 spiro atoms. The summed E-state index contributed by atoms with van der Waals surface area (Å²) in [5, 5.41) is 0.756. The molecule has 1 amide bonds. The zero-order valence-electron chi connectivity index (χ0n) is 16.5. The fraction of sp³-hybridized carbons (Fsp3) is 0.667. The summed E-state index contributed by atoms with van der Waals surface area (Å²) >= 11 is 1.65. The van der Waals surface area contributed by atoms with Gasteiger partial charge in [0, 0.05) is 18.0 Å². The number of fused-ring (bicyclic) bond motifs is 3. The largest absolute Gasteiger partial charge is 0.341 e. The van der Waals surface area contributed by atoms with Gasteiger partial charge >= 0.3 is 0 Å². The molecule has 27 heavy (non-hydrogen) atoms. The minimum absolute atomic E-state index is 0.00974. The zero-order chi connectivity index (χ0) is 19.1. The summed E-state index contributed by atoms with van der Waals surface area (Å²) in [6.45, 7) is 4.63. The van der Waals surface area contributed by atoms with Gasteiger partial charge in [0.1, 0.15) is 11.4 Å². The molecule has 1 atom stereocenters. The summed E-state index contributed by atoms with van der Waals surface area (Å²) in [4.78, 5) is 34.4. The fourth-order valence-corrected chi connectivity index (χ4v) is 5.91. The van der Waals surface area contributed by atoms with Gasteiger partial charge in [0.2, 0.25) is 5.91 Å². The summed E-state index contributed by atoms with van der Waals surface area (Å²) in [5.74, 6) is 1.43. The van der Waals surface area contributed by atoms with E-state index in [-0.39, 0.29) is 18.0 Å². The molecule has 2 aliphatic carbocycles. The number of amides is 1. The second kappa shape index (κ2) is 7.38. The van der Waals surface area contributed by atoms with Crippen LogP contribution in [0.15, 0.2) is 11.1 Å². The van der Waals surface area contributed by atoms with Crippen LogP contribution in [0.25, 0.3) is 10.2 Å². The van der Waals surface area contributed by atoms with Gasteiger partial charge in [-0.2, -0.15) is 0 Å². The summed E-state index contributed by atoms with van der Waals surface area (Å²) in [6, 6.07) is 0.302. The van der Waals surface area contributed by atoms with Crippen molar-refractivity contribution >= 4 is 27.5 Å². The Balaban J connectivity index is 1.56. The van der Waals surface area contributed by atoms with Crippen LogP contribution >= 0.6 is 11.3 Å². The molecule has 0 aromatic carbocycles. The first-order chi connectivity index (χ1) is 12.9. The molecule has 146 valence electrons. The molecular formula is C21H29N3O2S. The fourth-order valence-electron chi connectivity index (χ4n) is 4.57. The minimum Gasteiger partial charge on any atom is -0.341 e. The van der Waals surface area contributed by atoms with Crippen LogP contribution in [0.5, 0.6) is 0 Å². The Kier molecular flexibility index (Phi) is 5.10. The highest BCUT2D eigenvalue weighted by molar-refractivity contribution is 7.18. The molecule has 2 aliphatic rings. The summed E-state index contributed by atoms with van der Waals surface area (Å²) in [6.07, 6.45) is 9.14. The van der Waals surface area contributed by atoms with Crippen LogP contribution < -0.4 is 5.56 Å². The maximum Gasteiger partial charge on any atom is 0.262 e. The standard InChI is InChI=1S/C21H29N3O2S/c1-13-4-7-15(8-5-13)23(3)18(25)11-24-12-22-20-19(21(24)26)16-9-6-14(2)10-17(16)27-20/h12-15H,4-11H2,1-3H3/t13?,14-,15?/m0/s1. The van der Waals surface area contributed by atoms with E-state index in [1.165, 1.54) is 27.8 Å². The Morgan fingerprint density at radius 3 is 2.70 bits per heavy atom. The molecule has 2 heterocycles. The Morgan fingerprint density at radius 2 is 1.96 bits per heavy atom. The third-order valence-electron chi connectivity index (χ3n) is 6.51. The molecule has 0 bridgehead atoms. The number of rotatable bonds is 3. The lowest BCUT2D eigenvalue weighted by Gasteiger charge is -2.33. The van der Waals surface area contributed by atoms with E-state index >= 15 is 0 Å². The Labute approximate surface area is 164 Å². The van der Waals surface area contributed by atoms with E-state index in [1.807, 2.05) is 11.9 Å². The highest BCUT2D eigenvalue weighted by Gasteiger charge is 2.26. The van der Waals surface area contributed by atoms with Crippen molar-refractivity contribution in [2.45, 2.75) is 71.4 Å². The molecule has 0 radical (unpaired) electrons. The molecule has 0 unspecified atom stereocenters. The molecule has 6 heteroatoms. The molecule has 2 aromatic heterocycles. The van der Waals surface area contributed by atoms with Gasteiger partial charge in [0.25, 0.3) is 5.56 Å². The maximum atomic E-state index is 13.1.